The fraction of sp³-hybridized carbons (Fsp3) is 0.833. The Bertz CT molecular complexity index is 76.5. The number of alkyl halides is 1. The topological polar surface area (TPSA) is 23.9 Å². The SMILES string of the molecule is CC(C)C(=N)C(C)Cl. The summed E-state index contributed by atoms with van der Waals surface area (Å²) in [5.74, 6) is 0.294. The maximum atomic E-state index is 7.27. The molecule has 0 aliphatic heterocycles. The Labute approximate surface area is 55.6 Å². The van der Waals surface area contributed by atoms with Gasteiger partial charge in [0.05, 0.1) is 5.38 Å². The van der Waals surface area contributed by atoms with E-state index in [4.69, 9.17) is 17.0 Å². The zero-order valence-corrected chi connectivity index (χ0v) is 6.29. The molecule has 0 aliphatic rings. The number of halogens is 1. The first-order valence-electron chi connectivity index (χ1n) is 2.78. The summed E-state index contributed by atoms with van der Waals surface area (Å²) in [7, 11) is 0. The van der Waals surface area contributed by atoms with Crippen molar-refractivity contribution in [2.75, 3.05) is 0 Å². The molecule has 0 radical (unpaired) electrons. The van der Waals surface area contributed by atoms with Crippen molar-refractivity contribution >= 4 is 17.3 Å². The predicted molar refractivity (Wildman–Crippen MR) is 37.9 cm³/mol. The van der Waals surface area contributed by atoms with Gasteiger partial charge in [-0.1, -0.05) is 13.8 Å². The van der Waals surface area contributed by atoms with Crippen LogP contribution in [0.4, 0.5) is 0 Å². The van der Waals surface area contributed by atoms with E-state index in [-0.39, 0.29) is 5.38 Å². The van der Waals surface area contributed by atoms with Gasteiger partial charge in [-0.25, -0.2) is 0 Å². The van der Waals surface area contributed by atoms with E-state index in [0.29, 0.717) is 11.6 Å². The van der Waals surface area contributed by atoms with Crippen LogP contribution < -0.4 is 0 Å². The first-order valence-corrected chi connectivity index (χ1v) is 3.21. The molecule has 0 aromatic carbocycles. The second-order valence-electron chi connectivity index (χ2n) is 2.23. The molecular formula is C6H12ClN. The third-order valence-corrected chi connectivity index (χ3v) is 1.29. The summed E-state index contributed by atoms with van der Waals surface area (Å²) in [6, 6.07) is 0. The molecular weight excluding hydrogens is 122 g/mol. The molecule has 0 rings (SSSR count). The van der Waals surface area contributed by atoms with Crippen LogP contribution in [0.3, 0.4) is 0 Å². The van der Waals surface area contributed by atoms with Gasteiger partial charge in [-0.3, -0.25) is 0 Å². The molecule has 0 bridgehead atoms. The lowest BCUT2D eigenvalue weighted by atomic mass is 10.1. The molecule has 0 heterocycles. The molecule has 0 aromatic rings. The molecule has 1 nitrogen and oxygen atoms in total. The van der Waals surface area contributed by atoms with Gasteiger partial charge in [0, 0.05) is 5.71 Å². The van der Waals surface area contributed by atoms with Crippen molar-refractivity contribution in [3.63, 3.8) is 0 Å². The van der Waals surface area contributed by atoms with Gasteiger partial charge < -0.3 is 5.41 Å². The smallest absolute Gasteiger partial charge is 0.0685 e. The van der Waals surface area contributed by atoms with E-state index < -0.39 is 0 Å². The minimum atomic E-state index is -0.102. The molecule has 1 unspecified atom stereocenters. The van der Waals surface area contributed by atoms with Crippen LogP contribution >= 0.6 is 11.6 Å². The Morgan fingerprint density at radius 1 is 1.38 bits per heavy atom. The summed E-state index contributed by atoms with van der Waals surface area (Å²) in [6.07, 6.45) is 0. The highest BCUT2D eigenvalue weighted by molar-refractivity contribution is 6.31. The molecule has 0 saturated heterocycles. The summed E-state index contributed by atoms with van der Waals surface area (Å²) in [5.41, 5.74) is 0.617. The van der Waals surface area contributed by atoms with E-state index >= 15 is 0 Å². The number of hydrogen-bond donors (Lipinski definition) is 1. The molecule has 1 atom stereocenters. The van der Waals surface area contributed by atoms with Crippen LogP contribution in [-0.2, 0) is 0 Å². The molecule has 0 fully saturated rings. The van der Waals surface area contributed by atoms with Crippen LogP contribution in [0, 0.1) is 11.3 Å². The molecule has 0 aromatic heterocycles. The summed E-state index contributed by atoms with van der Waals surface area (Å²) in [5, 5.41) is 7.16. The van der Waals surface area contributed by atoms with Gasteiger partial charge in [-0.05, 0) is 12.8 Å². The van der Waals surface area contributed by atoms with Crippen LogP contribution in [0.2, 0.25) is 0 Å². The highest BCUT2D eigenvalue weighted by atomic mass is 35.5. The third-order valence-electron chi connectivity index (χ3n) is 1.05. The van der Waals surface area contributed by atoms with E-state index in [1.54, 1.807) is 0 Å². The van der Waals surface area contributed by atoms with Gasteiger partial charge in [0.15, 0.2) is 0 Å². The van der Waals surface area contributed by atoms with Gasteiger partial charge in [-0.2, -0.15) is 0 Å². The van der Waals surface area contributed by atoms with Crippen molar-refractivity contribution < 1.29 is 0 Å². The van der Waals surface area contributed by atoms with Crippen LogP contribution in [0.25, 0.3) is 0 Å². The second kappa shape index (κ2) is 3.08. The maximum absolute atomic E-state index is 7.27. The lowest BCUT2D eigenvalue weighted by Crippen LogP contribution is -2.15. The van der Waals surface area contributed by atoms with Crippen molar-refractivity contribution in [1.82, 2.24) is 0 Å². The minimum absolute atomic E-state index is 0.102. The first-order chi connectivity index (χ1) is 3.55. The Morgan fingerprint density at radius 3 is 1.75 bits per heavy atom. The number of nitrogens with one attached hydrogen (secondary N) is 1. The van der Waals surface area contributed by atoms with Gasteiger partial charge in [0.25, 0.3) is 0 Å². The van der Waals surface area contributed by atoms with E-state index in [1.807, 2.05) is 20.8 Å². The Kier molecular flexibility index (Phi) is 3.06. The standard InChI is InChI=1S/C6H12ClN/c1-4(2)6(8)5(3)7/h4-5,8H,1-3H3. The summed E-state index contributed by atoms with van der Waals surface area (Å²) in [4.78, 5) is 0. The molecule has 0 saturated carbocycles. The van der Waals surface area contributed by atoms with Gasteiger partial charge in [0.2, 0.25) is 0 Å². The van der Waals surface area contributed by atoms with Gasteiger partial charge in [0.1, 0.15) is 0 Å². The number of hydrogen-bond acceptors (Lipinski definition) is 1. The lowest BCUT2D eigenvalue weighted by molar-refractivity contribution is 0.851. The van der Waals surface area contributed by atoms with E-state index in [9.17, 15) is 0 Å². The van der Waals surface area contributed by atoms with Crippen molar-refractivity contribution in [1.29, 1.82) is 5.41 Å². The zero-order valence-electron chi connectivity index (χ0n) is 5.53. The van der Waals surface area contributed by atoms with E-state index in [2.05, 4.69) is 0 Å². The molecule has 0 spiro atoms. The minimum Gasteiger partial charge on any atom is -0.308 e. The lowest BCUT2D eigenvalue weighted by Gasteiger charge is -2.07. The first kappa shape index (κ1) is 7.96. The van der Waals surface area contributed by atoms with E-state index in [0.717, 1.165) is 0 Å². The summed E-state index contributed by atoms with van der Waals surface area (Å²) in [6.45, 7) is 5.77. The third kappa shape index (κ3) is 2.31. The largest absolute Gasteiger partial charge is 0.308 e. The fourth-order valence-electron chi connectivity index (χ4n) is 0.459. The zero-order chi connectivity index (χ0) is 6.73. The Morgan fingerprint density at radius 2 is 1.75 bits per heavy atom. The van der Waals surface area contributed by atoms with E-state index in [1.165, 1.54) is 0 Å². The molecule has 0 amide bonds. The quantitative estimate of drug-likeness (QED) is 0.442. The summed E-state index contributed by atoms with van der Waals surface area (Å²) >= 11 is 5.60. The van der Waals surface area contributed by atoms with Crippen LogP contribution in [0.1, 0.15) is 20.8 Å². The molecule has 8 heavy (non-hydrogen) atoms. The fourth-order valence-corrected chi connectivity index (χ4v) is 0.711. The molecule has 48 valence electrons. The van der Waals surface area contributed by atoms with Crippen molar-refractivity contribution in [2.45, 2.75) is 26.1 Å². The summed E-state index contributed by atoms with van der Waals surface area (Å²) < 4.78 is 0. The van der Waals surface area contributed by atoms with Crippen molar-refractivity contribution in [3.05, 3.63) is 0 Å². The van der Waals surface area contributed by atoms with Gasteiger partial charge >= 0.3 is 0 Å². The van der Waals surface area contributed by atoms with Crippen molar-refractivity contribution in [2.24, 2.45) is 5.92 Å². The predicted octanol–water partition coefficient (Wildman–Crippen LogP) is 2.29. The normalized spacial score (nSPS) is 14.1. The maximum Gasteiger partial charge on any atom is 0.0685 e. The second-order valence-corrected chi connectivity index (χ2v) is 2.88. The Balaban J connectivity index is 3.65. The average Bonchev–Trinajstić information content (AvgIpc) is 1.64. The van der Waals surface area contributed by atoms with Crippen LogP contribution in [-0.4, -0.2) is 11.1 Å². The van der Waals surface area contributed by atoms with Crippen molar-refractivity contribution in [3.8, 4) is 0 Å². The van der Waals surface area contributed by atoms with Crippen LogP contribution in [0.15, 0.2) is 0 Å². The van der Waals surface area contributed by atoms with Crippen LogP contribution in [0.5, 0.6) is 0 Å². The highest BCUT2D eigenvalue weighted by Crippen LogP contribution is 2.04. The van der Waals surface area contributed by atoms with Gasteiger partial charge in [-0.15, -0.1) is 11.6 Å². The average molecular weight is 134 g/mol. The Hall–Kier alpha value is -0.0400. The highest BCUT2D eigenvalue weighted by Gasteiger charge is 2.07. The molecule has 2 heteroatoms. The molecule has 0 aliphatic carbocycles. The molecule has 1 N–H and O–H groups in total. The monoisotopic (exact) mass is 133 g/mol. The number of rotatable bonds is 2.